The molecule has 0 aromatic heterocycles. The molecule has 1 fully saturated rings. The molecule has 0 radical (unpaired) electrons. The van der Waals surface area contributed by atoms with Crippen LogP contribution in [-0.4, -0.2) is 100 Å². The van der Waals surface area contributed by atoms with Crippen molar-refractivity contribution < 1.29 is 33.3 Å². The van der Waals surface area contributed by atoms with Crippen molar-refractivity contribution in [1.82, 2.24) is 9.80 Å². The third kappa shape index (κ3) is 7.09. The van der Waals surface area contributed by atoms with Crippen LogP contribution in [0.1, 0.15) is 40.0 Å². The Balaban J connectivity index is 1.41. The largest absolute Gasteiger partial charge is 0.377 e. The maximum absolute atomic E-state index is 12.7. The lowest BCUT2D eigenvalue weighted by Gasteiger charge is -2.23. The number of ether oxygens (including phenoxy) is 4. The van der Waals surface area contributed by atoms with Gasteiger partial charge >= 0.3 is 0 Å². The van der Waals surface area contributed by atoms with Crippen molar-refractivity contribution in [2.45, 2.75) is 19.3 Å². The molecule has 9 heteroatoms. The Morgan fingerprint density at radius 2 is 1.19 bits per heavy atom. The Hall–Kier alpha value is -2.33. The van der Waals surface area contributed by atoms with Crippen molar-refractivity contribution in [2.24, 2.45) is 0 Å². The number of imide groups is 1. The zero-order valence-electron chi connectivity index (χ0n) is 18.5. The highest BCUT2D eigenvalue weighted by molar-refractivity contribution is 6.21. The van der Waals surface area contributed by atoms with E-state index in [4.69, 9.17) is 18.9 Å². The summed E-state index contributed by atoms with van der Waals surface area (Å²) in [7, 11) is 0. The van der Waals surface area contributed by atoms with E-state index in [2.05, 4.69) is 0 Å². The Labute approximate surface area is 188 Å². The molecule has 2 aliphatic heterocycles. The molecule has 32 heavy (non-hydrogen) atoms. The summed E-state index contributed by atoms with van der Waals surface area (Å²) in [4.78, 5) is 40.6. The minimum absolute atomic E-state index is 0.0105. The number of unbranched alkanes of at least 4 members (excludes halogenated alkanes) is 1. The van der Waals surface area contributed by atoms with Crippen LogP contribution in [0.5, 0.6) is 0 Å². The second kappa shape index (κ2) is 13.3. The predicted octanol–water partition coefficient (Wildman–Crippen LogP) is 1.36. The van der Waals surface area contributed by atoms with Crippen LogP contribution in [0.15, 0.2) is 24.3 Å². The van der Waals surface area contributed by atoms with Crippen LogP contribution in [0.2, 0.25) is 0 Å². The van der Waals surface area contributed by atoms with Crippen molar-refractivity contribution >= 4 is 17.7 Å². The highest BCUT2D eigenvalue weighted by Crippen LogP contribution is 2.22. The van der Waals surface area contributed by atoms with Gasteiger partial charge in [0, 0.05) is 26.1 Å². The Morgan fingerprint density at radius 1 is 0.719 bits per heavy atom. The van der Waals surface area contributed by atoms with Gasteiger partial charge < -0.3 is 23.8 Å². The van der Waals surface area contributed by atoms with E-state index in [1.165, 1.54) is 4.90 Å². The summed E-state index contributed by atoms with van der Waals surface area (Å²) in [6.07, 6.45) is 1.51. The van der Waals surface area contributed by atoms with Gasteiger partial charge in [-0.1, -0.05) is 12.1 Å². The predicted molar refractivity (Wildman–Crippen MR) is 116 cm³/mol. The van der Waals surface area contributed by atoms with E-state index in [1.807, 2.05) is 0 Å². The van der Waals surface area contributed by atoms with Crippen molar-refractivity contribution in [1.29, 1.82) is 0 Å². The van der Waals surface area contributed by atoms with Crippen LogP contribution in [0.3, 0.4) is 0 Å². The van der Waals surface area contributed by atoms with E-state index in [-0.39, 0.29) is 17.7 Å². The first-order valence-corrected chi connectivity index (χ1v) is 11.2. The summed E-state index contributed by atoms with van der Waals surface area (Å²) < 4.78 is 21.9. The van der Waals surface area contributed by atoms with Gasteiger partial charge in [-0.3, -0.25) is 19.3 Å². The summed E-state index contributed by atoms with van der Waals surface area (Å²) in [6.45, 7) is 5.11. The number of amides is 3. The van der Waals surface area contributed by atoms with Gasteiger partial charge in [0.05, 0.1) is 64.0 Å². The molecule has 0 unspecified atom stereocenters. The van der Waals surface area contributed by atoms with Gasteiger partial charge in [-0.25, -0.2) is 0 Å². The molecule has 0 spiro atoms. The summed E-state index contributed by atoms with van der Waals surface area (Å²) in [5, 5.41) is 0. The Bertz CT molecular complexity index is 719. The van der Waals surface area contributed by atoms with Crippen LogP contribution in [0, 0.1) is 0 Å². The van der Waals surface area contributed by atoms with E-state index >= 15 is 0 Å². The molecule has 0 aliphatic carbocycles. The van der Waals surface area contributed by atoms with E-state index in [9.17, 15) is 14.4 Å². The van der Waals surface area contributed by atoms with Crippen LogP contribution in [0.25, 0.3) is 0 Å². The standard InChI is InChI=1S/C23H32N2O7/c26-21(24-9-11-29-13-15-31-17-18-32-16-14-30-12-10-24)7-3-4-8-25-22(27)19-5-1-2-6-20(19)23(25)28/h1-2,5-6H,3-4,7-18H2. The van der Waals surface area contributed by atoms with Crippen LogP contribution in [0.4, 0.5) is 0 Å². The van der Waals surface area contributed by atoms with Crippen molar-refractivity contribution in [3.05, 3.63) is 35.4 Å². The number of hydrogen-bond acceptors (Lipinski definition) is 7. The molecule has 3 amide bonds. The topological polar surface area (TPSA) is 94.6 Å². The molecule has 3 rings (SSSR count). The number of nitrogens with zero attached hydrogens (tertiary/aromatic N) is 2. The molecule has 0 bridgehead atoms. The molecule has 176 valence electrons. The fraction of sp³-hybridized carbons (Fsp3) is 0.609. The third-order valence-corrected chi connectivity index (χ3v) is 5.38. The first kappa shape index (κ1) is 24.3. The molecular formula is C23H32N2O7. The lowest BCUT2D eigenvalue weighted by atomic mass is 10.1. The molecular weight excluding hydrogens is 416 g/mol. The number of rotatable bonds is 5. The molecule has 9 nitrogen and oxygen atoms in total. The zero-order chi connectivity index (χ0) is 22.6. The zero-order valence-corrected chi connectivity index (χ0v) is 18.5. The monoisotopic (exact) mass is 448 g/mol. The average Bonchev–Trinajstić information content (AvgIpc) is 3.04. The summed E-state index contributed by atoms with van der Waals surface area (Å²) in [6, 6.07) is 6.84. The van der Waals surface area contributed by atoms with Crippen LogP contribution < -0.4 is 0 Å². The summed E-state index contributed by atoms with van der Waals surface area (Å²) in [5.41, 5.74) is 0.900. The molecule has 1 aromatic rings. The van der Waals surface area contributed by atoms with Crippen LogP contribution >= 0.6 is 0 Å². The van der Waals surface area contributed by atoms with Gasteiger partial charge in [-0.05, 0) is 25.0 Å². The highest BCUT2D eigenvalue weighted by Gasteiger charge is 2.34. The van der Waals surface area contributed by atoms with Gasteiger partial charge in [-0.2, -0.15) is 0 Å². The van der Waals surface area contributed by atoms with E-state index in [0.29, 0.717) is 103 Å². The summed E-state index contributed by atoms with van der Waals surface area (Å²) in [5.74, 6) is -0.508. The molecule has 0 N–H and O–H groups in total. The SMILES string of the molecule is O=C(CCCCN1C(=O)c2ccccc2C1=O)N1CCOCCOCCOCCOCC1. The van der Waals surface area contributed by atoms with Gasteiger partial charge in [0.2, 0.25) is 5.91 Å². The van der Waals surface area contributed by atoms with Gasteiger partial charge in [0.1, 0.15) is 0 Å². The molecule has 0 atom stereocenters. The number of hydrogen-bond donors (Lipinski definition) is 0. The van der Waals surface area contributed by atoms with Gasteiger partial charge in [0.25, 0.3) is 11.8 Å². The maximum atomic E-state index is 12.7. The number of fused-ring (bicyclic) bond motifs is 1. The number of carbonyl (C=O) groups excluding carboxylic acids is 3. The van der Waals surface area contributed by atoms with E-state index in [1.54, 1.807) is 29.2 Å². The first-order chi connectivity index (χ1) is 15.7. The lowest BCUT2D eigenvalue weighted by Crippen LogP contribution is -2.37. The Kier molecular flexibility index (Phi) is 10.1. The van der Waals surface area contributed by atoms with Crippen molar-refractivity contribution in [2.75, 3.05) is 72.5 Å². The minimum Gasteiger partial charge on any atom is -0.377 e. The van der Waals surface area contributed by atoms with Gasteiger partial charge in [-0.15, -0.1) is 0 Å². The number of benzene rings is 1. The fourth-order valence-electron chi connectivity index (χ4n) is 3.62. The number of carbonyl (C=O) groups is 3. The van der Waals surface area contributed by atoms with Crippen molar-refractivity contribution in [3.8, 4) is 0 Å². The third-order valence-electron chi connectivity index (χ3n) is 5.38. The lowest BCUT2D eigenvalue weighted by molar-refractivity contribution is -0.133. The second-order valence-corrected chi connectivity index (χ2v) is 7.59. The quantitative estimate of drug-likeness (QED) is 0.496. The fourth-order valence-corrected chi connectivity index (χ4v) is 3.62. The molecule has 0 saturated carbocycles. The van der Waals surface area contributed by atoms with E-state index in [0.717, 1.165) is 0 Å². The smallest absolute Gasteiger partial charge is 0.261 e. The molecule has 1 aromatic carbocycles. The molecule has 1 saturated heterocycles. The molecule has 2 aliphatic rings. The maximum Gasteiger partial charge on any atom is 0.261 e. The first-order valence-electron chi connectivity index (χ1n) is 11.2. The normalized spacial score (nSPS) is 19.4. The van der Waals surface area contributed by atoms with Crippen LogP contribution in [-0.2, 0) is 23.7 Å². The van der Waals surface area contributed by atoms with Crippen molar-refractivity contribution in [3.63, 3.8) is 0 Å². The Morgan fingerprint density at radius 3 is 1.69 bits per heavy atom. The molecule has 2 heterocycles. The second-order valence-electron chi connectivity index (χ2n) is 7.59. The summed E-state index contributed by atoms with van der Waals surface area (Å²) >= 11 is 0. The van der Waals surface area contributed by atoms with E-state index < -0.39 is 0 Å². The minimum atomic E-state index is -0.259. The average molecular weight is 449 g/mol. The highest BCUT2D eigenvalue weighted by atomic mass is 16.6. The van der Waals surface area contributed by atoms with Gasteiger partial charge in [0.15, 0.2) is 0 Å².